The Kier molecular flexibility index (Phi) is 6.63. The lowest BCUT2D eigenvalue weighted by Crippen LogP contribution is -2.53. The molecule has 0 aromatic rings. The fourth-order valence-electron chi connectivity index (χ4n) is 1.77. The highest BCUT2D eigenvalue weighted by molar-refractivity contribution is 5.89. The molecule has 0 radical (unpaired) electrons. The lowest BCUT2D eigenvalue weighted by atomic mass is 10.1. The van der Waals surface area contributed by atoms with Crippen LogP contribution in [0.1, 0.15) is 40.5 Å². The van der Waals surface area contributed by atoms with Crippen molar-refractivity contribution < 1.29 is 9.59 Å². The second-order valence-corrected chi connectivity index (χ2v) is 5.62. The van der Waals surface area contributed by atoms with Gasteiger partial charge in [0.25, 0.3) is 0 Å². The highest BCUT2D eigenvalue weighted by Gasteiger charge is 2.26. The summed E-state index contributed by atoms with van der Waals surface area (Å²) in [6, 6.07) is -0.635. The van der Waals surface area contributed by atoms with Crippen molar-refractivity contribution in [2.24, 2.45) is 0 Å². The van der Waals surface area contributed by atoms with Gasteiger partial charge >= 0.3 is 0 Å². The Balaban J connectivity index is 0.00000289. The standard InChI is InChI=1S/C12H23N3O2.ClH/c1-8(10(16)15-12(2,3)4)14-11(17)9-6-5-7-13-9;/h8-9,13H,5-7H2,1-4H3,(H,14,17)(H,15,16);1H. The number of carbonyl (C=O) groups is 2. The average Bonchev–Trinajstić information content (AvgIpc) is 2.67. The summed E-state index contributed by atoms with van der Waals surface area (Å²) in [6.45, 7) is 8.32. The maximum atomic E-state index is 11.8. The summed E-state index contributed by atoms with van der Waals surface area (Å²) in [6.07, 6.45) is 1.86. The molecule has 5 nitrogen and oxygen atoms in total. The van der Waals surface area contributed by atoms with Crippen LogP contribution in [0.3, 0.4) is 0 Å². The molecule has 1 fully saturated rings. The molecule has 6 heteroatoms. The molecule has 2 atom stereocenters. The number of nitrogens with one attached hydrogen (secondary N) is 3. The van der Waals surface area contributed by atoms with E-state index in [1.807, 2.05) is 20.8 Å². The van der Waals surface area contributed by atoms with Crippen LogP contribution >= 0.6 is 12.4 Å². The van der Waals surface area contributed by atoms with E-state index in [4.69, 9.17) is 0 Å². The van der Waals surface area contributed by atoms with Gasteiger partial charge in [0, 0.05) is 5.54 Å². The smallest absolute Gasteiger partial charge is 0.242 e. The molecular formula is C12H24ClN3O2. The Morgan fingerprint density at radius 2 is 1.94 bits per heavy atom. The van der Waals surface area contributed by atoms with Crippen molar-refractivity contribution in [1.29, 1.82) is 0 Å². The second kappa shape index (κ2) is 6.95. The Bertz CT molecular complexity index is 296. The molecule has 2 amide bonds. The maximum absolute atomic E-state index is 11.8. The molecule has 1 aliphatic rings. The van der Waals surface area contributed by atoms with Gasteiger partial charge < -0.3 is 16.0 Å². The van der Waals surface area contributed by atoms with Gasteiger partial charge in [-0.3, -0.25) is 9.59 Å². The Morgan fingerprint density at radius 1 is 1.33 bits per heavy atom. The van der Waals surface area contributed by atoms with Gasteiger partial charge in [-0.1, -0.05) is 0 Å². The van der Waals surface area contributed by atoms with Crippen molar-refractivity contribution in [3.05, 3.63) is 0 Å². The van der Waals surface area contributed by atoms with E-state index in [2.05, 4.69) is 16.0 Å². The quantitative estimate of drug-likeness (QED) is 0.707. The monoisotopic (exact) mass is 277 g/mol. The molecule has 0 saturated carbocycles. The molecule has 1 saturated heterocycles. The molecule has 18 heavy (non-hydrogen) atoms. The van der Waals surface area contributed by atoms with Gasteiger partial charge in [0.15, 0.2) is 0 Å². The van der Waals surface area contributed by atoms with Gasteiger partial charge in [-0.2, -0.15) is 0 Å². The average molecular weight is 278 g/mol. The molecule has 1 heterocycles. The zero-order valence-electron chi connectivity index (χ0n) is 11.5. The van der Waals surface area contributed by atoms with Crippen molar-refractivity contribution in [2.45, 2.75) is 58.2 Å². The minimum atomic E-state index is -0.496. The zero-order valence-corrected chi connectivity index (χ0v) is 12.3. The maximum Gasteiger partial charge on any atom is 0.242 e. The van der Waals surface area contributed by atoms with E-state index in [-0.39, 0.29) is 35.8 Å². The lowest BCUT2D eigenvalue weighted by molar-refractivity contribution is -0.130. The van der Waals surface area contributed by atoms with Gasteiger partial charge in [0.05, 0.1) is 6.04 Å². The minimum absolute atomic E-state index is 0. The van der Waals surface area contributed by atoms with Gasteiger partial charge in [0.1, 0.15) is 6.04 Å². The van der Waals surface area contributed by atoms with E-state index in [9.17, 15) is 9.59 Å². The van der Waals surface area contributed by atoms with E-state index < -0.39 is 6.04 Å². The van der Waals surface area contributed by atoms with Crippen molar-refractivity contribution in [3.8, 4) is 0 Å². The van der Waals surface area contributed by atoms with Crippen molar-refractivity contribution >= 4 is 24.2 Å². The lowest BCUT2D eigenvalue weighted by Gasteiger charge is -2.24. The van der Waals surface area contributed by atoms with Crippen LogP contribution in [-0.4, -0.2) is 36.0 Å². The van der Waals surface area contributed by atoms with Crippen molar-refractivity contribution in [2.75, 3.05) is 6.54 Å². The van der Waals surface area contributed by atoms with Gasteiger partial charge in [-0.15, -0.1) is 12.4 Å². The Morgan fingerprint density at radius 3 is 2.39 bits per heavy atom. The topological polar surface area (TPSA) is 70.2 Å². The first kappa shape index (κ1) is 17.2. The molecule has 2 unspecified atom stereocenters. The summed E-state index contributed by atoms with van der Waals surface area (Å²) >= 11 is 0. The number of hydrogen-bond acceptors (Lipinski definition) is 3. The second-order valence-electron chi connectivity index (χ2n) is 5.62. The van der Waals surface area contributed by atoms with E-state index in [0.717, 1.165) is 19.4 Å². The third-order valence-electron chi connectivity index (χ3n) is 2.63. The summed E-state index contributed by atoms with van der Waals surface area (Å²) < 4.78 is 0. The van der Waals surface area contributed by atoms with E-state index >= 15 is 0 Å². The van der Waals surface area contributed by atoms with Gasteiger partial charge in [0.2, 0.25) is 11.8 Å². The normalized spacial score (nSPS) is 20.8. The van der Waals surface area contributed by atoms with Gasteiger partial charge in [-0.25, -0.2) is 0 Å². The first-order valence-corrected chi connectivity index (χ1v) is 6.15. The largest absolute Gasteiger partial charge is 0.350 e. The Labute approximate surface area is 115 Å². The molecule has 0 aromatic heterocycles. The molecule has 3 N–H and O–H groups in total. The van der Waals surface area contributed by atoms with Crippen LogP contribution in [0.15, 0.2) is 0 Å². The fourth-order valence-corrected chi connectivity index (χ4v) is 1.77. The van der Waals surface area contributed by atoms with Crippen LogP contribution in [0.5, 0.6) is 0 Å². The summed E-state index contributed by atoms with van der Waals surface area (Å²) in [7, 11) is 0. The molecule has 1 aliphatic heterocycles. The highest BCUT2D eigenvalue weighted by atomic mass is 35.5. The summed E-state index contributed by atoms with van der Waals surface area (Å²) in [5.74, 6) is -0.233. The van der Waals surface area contributed by atoms with Gasteiger partial charge in [-0.05, 0) is 47.1 Å². The minimum Gasteiger partial charge on any atom is -0.350 e. The number of halogens is 1. The van der Waals surface area contributed by atoms with E-state index in [1.165, 1.54) is 0 Å². The number of carbonyl (C=O) groups excluding carboxylic acids is 2. The van der Waals surface area contributed by atoms with E-state index in [1.54, 1.807) is 6.92 Å². The first-order chi connectivity index (χ1) is 7.79. The van der Waals surface area contributed by atoms with Crippen LogP contribution < -0.4 is 16.0 Å². The van der Waals surface area contributed by atoms with Crippen LogP contribution in [0.4, 0.5) is 0 Å². The highest BCUT2D eigenvalue weighted by Crippen LogP contribution is 2.05. The summed E-state index contributed by atoms with van der Waals surface area (Å²) in [5.41, 5.74) is -0.276. The number of hydrogen-bond donors (Lipinski definition) is 3. The van der Waals surface area contributed by atoms with Crippen LogP contribution in [-0.2, 0) is 9.59 Å². The Hall–Kier alpha value is -0.810. The number of amides is 2. The van der Waals surface area contributed by atoms with Crippen molar-refractivity contribution in [3.63, 3.8) is 0 Å². The molecule has 0 bridgehead atoms. The van der Waals surface area contributed by atoms with E-state index in [0.29, 0.717) is 0 Å². The van der Waals surface area contributed by atoms with Crippen LogP contribution in [0.25, 0.3) is 0 Å². The molecule has 0 aromatic carbocycles. The summed E-state index contributed by atoms with van der Waals surface area (Å²) in [4.78, 5) is 23.5. The fraction of sp³-hybridized carbons (Fsp3) is 0.833. The predicted molar refractivity (Wildman–Crippen MR) is 73.8 cm³/mol. The molecule has 0 aliphatic carbocycles. The molecular weight excluding hydrogens is 254 g/mol. The molecule has 0 spiro atoms. The van der Waals surface area contributed by atoms with Crippen molar-refractivity contribution in [1.82, 2.24) is 16.0 Å². The van der Waals surface area contributed by atoms with Crippen LogP contribution in [0.2, 0.25) is 0 Å². The third kappa shape index (κ3) is 5.69. The third-order valence-corrected chi connectivity index (χ3v) is 2.63. The SMILES string of the molecule is CC(NC(=O)C1CCCN1)C(=O)NC(C)(C)C.Cl. The predicted octanol–water partition coefficient (Wildman–Crippen LogP) is 0.580. The summed E-state index contributed by atoms with van der Waals surface area (Å²) in [5, 5.41) is 8.68. The van der Waals surface area contributed by atoms with Crippen LogP contribution in [0, 0.1) is 0 Å². The zero-order chi connectivity index (χ0) is 13.1. The molecule has 106 valence electrons. The molecule has 1 rings (SSSR count). The number of rotatable bonds is 3. The first-order valence-electron chi connectivity index (χ1n) is 6.15.